The Morgan fingerprint density at radius 1 is 1.27 bits per heavy atom. The SMILES string of the molecule is CCC=C/C(CC)=C(/CC)OP(=O)(O)O. The first-order valence-corrected chi connectivity index (χ1v) is 6.61. The van der Waals surface area contributed by atoms with Crippen LogP contribution in [0.15, 0.2) is 23.5 Å². The van der Waals surface area contributed by atoms with E-state index in [1.165, 1.54) is 0 Å². The quantitative estimate of drug-likeness (QED) is 0.421. The number of phosphoric ester groups is 1. The molecule has 0 radical (unpaired) electrons. The van der Waals surface area contributed by atoms with Crippen LogP contribution in [0.2, 0.25) is 0 Å². The Hall–Kier alpha value is -0.570. The van der Waals surface area contributed by atoms with Crippen LogP contribution in [0.5, 0.6) is 0 Å². The fraction of sp³-hybridized carbons (Fsp3) is 0.600. The normalized spacial score (nSPS) is 14.2. The summed E-state index contributed by atoms with van der Waals surface area (Å²) in [5.41, 5.74) is 0.836. The van der Waals surface area contributed by atoms with Gasteiger partial charge in [0.25, 0.3) is 0 Å². The van der Waals surface area contributed by atoms with Gasteiger partial charge in [-0.3, -0.25) is 9.79 Å². The van der Waals surface area contributed by atoms with Gasteiger partial charge in [-0.2, -0.15) is 0 Å². The lowest BCUT2D eigenvalue weighted by molar-refractivity contribution is 0.236. The molecular weight excluding hydrogens is 215 g/mol. The zero-order chi connectivity index (χ0) is 11.9. The molecule has 2 N–H and O–H groups in total. The predicted molar refractivity (Wildman–Crippen MR) is 60.2 cm³/mol. The van der Waals surface area contributed by atoms with Crippen LogP contribution in [-0.4, -0.2) is 9.79 Å². The molecule has 0 aliphatic rings. The number of hydrogen-bond donors (Lipinski definition) is 2. The predicted octanol–water partition coefficient (Wildman–Crippen LogP) is 3.14. The van der Waals surface area contributed by atoms with Crippen LogP contribution >= 0.6 is 7.82 Å². The van der Waals surface area contributed by atoms with E-state index in [4.69, 9.17) is 9.79 Å². The van der Waals surface area contributed by atoms with E-state index >= 15 is 0 Å². The lowest BCUT2D eigenvalue weighted by Gasteiger charge is -2.12. The van der Waals surface area contributed by atoms with E-state index in [-0.39, 0.29) is 0 Å². The molecule has 0 aromatic heterocycles. The summed E-state index contributed by atoms with van der Waals surface area (Å²) in [4.78, 5) is 17.4. The second-order valence-corrected chi connectivity index (χ2v) is 4.21. The summed E-state index contributed by atoms with van der Waals surface area (Å²) >= 11 is 0. The average Bonchev–Trinajstić information content (AvgIpc) is 2.15. The zero-order valence-corrected chi connectivity index (χ0v) is 10.3. The van der Waals surface area contributed by atoms with Crippen LogP contribution in [0.3, 0.4) is 0 Å². The molecule has 0 heterocycles. The molecule has 0 aromatic carbocycles. The van der Waals surface area contributed by atoms with E-state index in [9.17, 15) is 4.57 Å². The summed E-state index contributed by atoms with van der Waals surface area (Å²) in [6.45, 7) is 5.73. The maximum atomic E-state index is 10.7. The molecule has 0 aliphatic heterocycles. The third kappa shape index (κ3) is 6.50. The summed E-state index contributed by atoms with van der Waals surface area (Å²) in [6, 6.07) is 0. The topological polar surface area (TPSA) is 66.8 Å². The smallest absolute Gasteiger partial charge is 0.409 e. The highest BCUT2D eigenvalue weighted by atomic mass is 31.2. The minimum absolute atomic E-state index is 0.371. The van der Waals surface area contributed by atoms with Crippen molar-refractivity contribution in [1.29, 1.82) is 0 Å². The number of rotatable bonds is 6. The monoisotopic (exact) mass is 234 g/mol. The molecule has 4 nitrogen and oxygen atoms in total. The van der Waals surface area contributed by atoms with E-state index in [1.807, 2.05) is 26.0 Å². The summed E-state index contributed by atoms with van der Waals surface area (Å²) in [6.07, 6.45) is 5.85. The van der Waals surface area contributed by atoms with E-state index in [0.29, 0.717) is 18.6 Å². The molecular formula is C10H19O4P. The summed E-state index contributed by atoms with van der Waals surface area (Å²) < 4.78 is 15.3. The Morgan fingerprint density at radius 2 is 1.87 bits per heavy atom. The maximum absolute atomic E-state index is 10.7. The van der Waals surface area contributed by atoms with Crippen LogP contribution in [-0.2, 0) is 9.09 Å². The Balaban J connectivity index is 4.90. The number of allylic oxidation sites excluding steroid dienone is 4. The fourth-order valence-electron chi connectivity index (χ4n) is 1.16. The number of phosphoric acid groups is 1. The van der Waals surface area contributed by atoms with Crippen molar-refractivity contribution in [2.24, 2.45) is 0 Å². The van der Waals surface area contributed by atoms with Gasteiger partial charge in [0.2, 0.25) is 0 Å². The molecule has 0 rings (SSSR count). The zero-order valence-electron chi connectivity index (χ0n) is 9.43. The molecule has 0 amide bonds. The second kappa shape index (κ2) is 6.83. The highest BCUT2D eigenvalue weighted by Crippen LogP contribution is 2.40. The first kappa shape index (κ1) is 14.4. The van der Waals surface area contributed by atoms with Gasteiger partial charge in [-0.05, 0) is 18.4 Å². The van der Waals surface area contributed by atoms with Gasteiger partial charge in [-0.25, -0.2) is 4.57 Å². The second-order valence-electron chi connectivity index (χ2n) is 3.05. The molecule has 0 aromatic rings. The van der Waals surface area contributed by atoms with Gasteiger partial charge in [0, 0.05) is 6.42 Å². The molecule has 0 fully saturated rings. The van der Waals surface area contributed by atoms with Crippen molar-refractivity contribution in [2.75, 3.05) is 0 Å². The van der Waals surface area contributed by atoms with Crippen LogP contribution in [0.1, 0.15) is 40.0 Å². The summed E-state index contributed by atoms with van der Waals surface area (Å²) in [5.74, 6) is 0.371. The third-order valence-electron chi connectivity index (χ3n) is 1.84. The average molecular weight is 234 g/mol. The van der Waals surface area contributed by atoms with Crippen LogP contribution < -0.4 is 0 Å². The standard InChI is InChI=1S/C10H19O4P/c1-4-7-8-9(5-2)10(6-3)14-15(11,12)13/h7-8H,4-6H2,1-3H3,(H2,11,12,13)/b8-7?,10-9-. The van der Waals surface area contributed by atoms with Gasteiger partial charge in [0.05, 0.1) is 0 Å². The third-order valence-corrected chi connectivity index (χ3v) is 2.30. The molecule has 5 heteroatoms. The molecule has 0 bridgehead atoms. The molecule has 0 saturated heterocycles. The highest BCUT2D eigenvalue weighted by Gasteiger charge is 2.18. The molecule has 15 heavy (non-hydrogen) atoms. The molecule has 0 spiro atoms. The Bertz CT molecular complexity index is 288. The van der Waals surface area contributed by atoms with Gasteiger partial charge >= 0.3 is 7.82 Å². The van der Waals surface area contributed by atoms with Crippen LogP contribution in [0, 0.1) is 0 Å². The first-order chi connectivity index (χ1) is 6.94. The van der Waals surface area contributed by atoms with Crippen LogP contribution in [0.4, 0.5) is 0 Å². The largest absolute Gasteiger partial charge is 0.524 e. The van der Waals surface area contributed by atoms with Gasteiger partial charge in [-0.15, -0.1) is 0 Å². The highest BCUT2D eigenvalue weighted by molar-refractivity contribution is 7.46. The summed E-state index contributed by atoms with van der Waals surface area (Å²) in [7, 11) is -4.43. The van der Waals surface area contributed by atoms with Gasteiger partial charge in [0.15, 0.2) is 0 Å². The lowest BCUT2D eigenvalue weighted by Crippen LogP contribution is -1.93. The van der Waals surface area contributed by atoms with E-state index in [1.54, 1.807) is 6.92 Å². The van der Waals surface area contributed by atoms with Crippen molar-refractivity contribution < 1.29 is 18.9 Å². The Morgan fingerprint density at radius 3 is 2.20 bits per heavy atom. The van der Waals surface area contributed by atoms with E-state index in [0.717, 1.165) is 12.0 Å². The van der Waals surface area contributed by atoms with Crippen molar-refractivity contribution in [2.45, 2.75) is 40.0 Å². The van der Waals surface area contributed by atoms with Gasteiger partial charge in [-0.1, -0.05) is 32.9 Å². The maximum Gasteiger partial charge on any atom is 0.524 e. The van der Waals surface area contributed by atoms with Crippen molar-refractivity contribution in [3.05, 3.63) is 23.5 Å². The first-order valence-electron chi connectivity index (χ1n) is 5.08. The van der Waals surface area contributed by atoms with Crippen molar-refractivity contribution in [3.8, 4) is 0 Å². The van der Waals surface area contributed by atoms with E-state index in [2.05, 4.69) is 4.52 Å². The summed E-state index contributed by atoms with van der Waals surface area (Å²) in [5, 5.41) is 0. The fourth-order valence-corrected chi connectivity index (χ4v) is 1.70. The lowest BCUT2D eigenvalue weighted by atomic mass is 10.1. The van der Waals surface area contributed by atoms with Crippen LogP contribution in [0.25, 0.3) is 0 Å². The Kier molecular flexibility index (Phi) is 6.57. The molecule has 0 aliphatic carbocycles. The van der Waals surface area contributed by atoms with Crippen molar-refractivity contribution in [3.63, 3.8) is 0 Å². The van der Waals surface area contributed by atoms with Crippen molar-refractivity contribution >= 4 is 7.82 Å². The van der Waals surface area contributed by atoms with Crippen molar-refractivity contribution in [1.82, 2.24) is 0 Å². The minimum atomic E-state index is -4.43. The molecule has 88 valence electrons. The number of hydrogen-bond acceptors (Lipinski definition) is 2. The van der Waals surface area contributed by atoms with E-state index < -0.39 is 7.82 Å². The molecule has 0 unspecified atom stereocenters. The molecule has 0 atom stereocenters. The Labute approximate surface area is 90.9 Å². The molecule has 0 saturated carbocycles. The van der Waals surface area contributed by atoms with Gasteiger partial charge in [0.1, 0.15) is 5.76 Å². The van der Waals surface area contributed by atoms with Gasteiger partial charge < -0.3 is 4.52 Å². The minimum Gasteiger partial charge on any atom is -0.409 e.